The largest absolute Gasteiger partial charge is 0.396 e. The molecule has 78 valence electrons. The highest BCUT2D eigenvalue weighted by Gasteiger charge is 2.58. The molecule has 1 aliphatic carbocycles. The van der Waals surface area contributed by atoms with Crippen LogP contribution in [-0.4, -0.2) is 28.4 Å². The number of nitrogens with two attached hydrogens (primary N) is 1. The first-order chi connectivity index (χ1) is 6.58. The Hall–Kier alpha value is -1.17. The molecule has 1 fully saturated rings. The van der Waals surface area contributed by atoms with Crippen molar-refractivity contribution < 1.29 is 13.5 Å². The SMILES string of the molecule is Nc1cnn(CCOC2CC2(F)F)c1. The fourth-order valence-electron chi connectivity index (χ4n) is 1.16. The lowest BCUT2D eigenvalue weighted by atomic mass is 10.6. The van der Waals surface area contributed by atoms with Gasteiger partial charge in [-0.3, -0.25) is 4.68 Å². The van der Waals surface area contributed by atoms with Gasteiger partial charge in [0.25, 0.3) is 5.92 Å². The zero-order valence-corrected chi connectivity index (χ0v) is 7.49. The first-order valence-electron chi connectivity index (χ1n) is 4.35. The van der Waals surface area contributed by atoms with E-state index in [0.29, 0.717) is 12.2 Å². The number of halogens is 2. The number of hydrogen-bond donors (Lipinski definition) is 1. The summed E-state index contributed by atoms with van der Waals surface area (Å²) in [6.07, 6.45) is 2.09. The van der Waals surface area contributed by atoms with Gasteiger partial charge in [-0.15, -0.1) is 0 Å². The van der Waals surface area contributed by atoms with Gasteiger partial charge in [-0.25, -0.2) is 8.78 Å². The number of rotatable bonds is 4. The second kappa shape index (κ2) is 3.20. The second-order valence-electron chi connectivity index (χ2n) is 3.36. The topological polar surface area (TPSA) is 53.1 Å². The van der Waals surface area contributed by atoms with Crippen molar-refractivity contribution in [1.82, 2.24) is 9.78 Å². The van der Waals surface area contributed by atoms with E-state index in [0.717, 1.165) is 0 Å². The molecular weight excluding hydrogens is 192 g/mol. The van der Waals surface area contributed by atoms with Gasteiger partial charge in [0.15, 0.2) is 0 Å². The van der Waals surface area contributed by atoms with Crippen LogP contribution in [0, 0.1) is 0 Å². The van der Waals surface area contributed by atoms with Crippen molar-refractivity contribution in [3.05, 3.63) is 12.4 Å². The Labute approximate surface area is 79.6 Å². The van der Waals surface area contributed by atoms with E-state index in [4.69, 9.17) is 10.5 Å². The minimum Gasteiger partial charge on any atom is -0.396 e. The molecule has 0 aromatic carbocycles. The summed E-state index contributed by atoms with van der Waals surface area (Å²) in [7, 11) is 0. The van der Waals surface area contributed by atoms with Crippen LogP contribution in [0.4, 0.5) is 14.5 Å². The first kappa shape index (κ1) is 9.39. The molecule has 4 nitrogen and oxygen atoms in total. The van der Waals surface area contributed by atoms with Crippen LogP contribution < -0.4 is 5.73 Å². The minimum atomic E-state index is -2.61. The Morgan fingerprint density at radius 2 is 2.43 bits per heavy atom. The van der Waals surface area contributed by atoms with Crippen LogP contribution in [0.25, 0.3) is 0 Å². The molecule has 1 saturated carbocycles. The van der Waals surface area contributed by atoms with Crippen molar-refractivity contribution in [1.29, 1.82) is 0 Å². The van der Waals surface area contributed by atoms with Gasteiger partial charge in [-0.05, 0) is 0 Å². The van der Waals surface area contributed by atoms with Gasteiger partial charge < -0.3 is 10.5 Å². The molecular formula is C8H11F2N3O. The van der Waals surface area contributed by atoms with Gasteiger partial charge in [0.1, 0.15) is 6.10 Å². The third kappa shape index (κ3) is 2.01. The Morgan fingerprint density at radius 1 is 1.71 bits per heavy atom. The predicted octanol–water partition coefficient (Wildman–Crippen LogP) is 0.889. The molecule has 1 aromatic heterocycles. The van der Waals surface area contributed by atoms with E-state index in [1.165, 1.54) is 6.20 Å². The molecule has 2 rings (SSSR count). The molecule has 1 aliphatic rings. The zero-order chi connectivity index (χ0) is 10.2. The van der Waals surface area contributed by atoms with E-state index < -0.39 is 12.0 Å². The van der Waals surface area contributed by atoms with Crippen LogP contribution in [0.15, 0.2) is 12.4 Å². The van der Waals surface area contributed by atoms with Crippen molar-refractivity contribution >= 4 is 5.69 Å². The maximum Gasteiger partial charge on any atom is 0.276 e. The quantitative estimate of drug-likeness (QED) is 0.790. The Balaban J connectivity index is 1.69. The van der Waals surface area contributed by atoms with Gasteiger partial charge in [-0.2, -0.15) is 5.10 Å². The Bertz CT molecular complexity index is 326. The summed E-state index contributed by atoms with van der Waals surface area (Å²) in [6, 6.07) is 0. The smallest absolute Gasteiger partial charge is 0.276 e. The van der Waals surface area contributed by atoms with E-state index in [9.17, 15) is 8.78 Å². The van der Waals surface area contributed by atoms with E-state index >= 15 is 0 Å². The Kier molecular flexibility index (Phi) is 2.14. The van der Waals surface area contributed by atoms with E-state index in [1.807, 2.05) is 0 Å². The normalized spacial score (nSPS) is 23.7. The van der Waals surface area contributed by atoms with Gasteiger partial charge in [0.2, 0.25) is 0 Å². The lowest BCUT2D eigenvalue weighted by Gasteiger charge is -2.02. The fraction of sp³-hybridized carbons (Fsp3) is 0.625. The van der Waals surface area contributed by atoms with Gasteiger partial charge in [0.05, 0.1) is 25.0 Å². The molecule has 1 heterocycles. The molecule has 0 radical (unpaired) electrons. The highest BCUT2D eigenvalue weighted by atomic mass is 19.3. The summed E-state index contributed by atoms with van der Waals surface area (Å²) >= 11 is 0. The number of alkyl halides is 2. The zero-order valence-electron chi connectivity index (χ0n) is 7.49. The van der Waals surface area contributed by atoms with E-state index in [1.54, 1.807) is 10.9 Å². The van der Waals surface area contributed by atoms with Crippen LogP contribution >= 0.6 is 0 Å². The molecule has 14 heavy (non-hydrogen) atoms. The molecule has 0 aliphatic heterocycles. The first-order valence-corrected chi connectivity index (χ1v) is 4.35. The van der Waals surface area contributed by atoms with Crippen molar-refractivity contribution in [2.45, 2.75) is 25.0 Å². The predicted molar refractivity (Wildman–Crippen MR) is 45.9 cm³/mol. The number of anilines is 1. The minimum absolute atomic E-state index is 0.158. The van der Waals surface area contributed by atoms with Crippen LogP contribution in [0.5, 0.6) is 0 Å². The third-order valence-electron chi connectivity index (χ3n) is 2.06. The lowest BCUT2D eigenvalue weighted by Crippen LogP contribution is -2.10. The number of nitrogens with zero attached hydrogens (tertiary/aromatic N) is 2. The van der Waals surface area contributed by atoms with E-state index in [2.05, 4.69) is 5.10 Å². The van der Waals surface area contributed by atoms with Crippen molar-refractivity contribution in [2.24, 2.45) is 0 Å². The van der Waals surface area contributed by atoms with Gasteiger partial charge in [-0.1, -0.05) is 0 Å². The highest BCUT2D eigenvalue weighted by Crippen LogP contribution is 2.44. The summed E-state index contributed by atoms with van der Waals surface area (Å²) in [5, 5.41) is 3.89. The van der Waals surface area contributed by atoms with Crippen molar-refractivity contribution in [3.63, 3.8) is 0 Å². The van der Waals surface area contributed by atoms with Crippen molar-refractivity contribution in [3.8, 4) is 0 Å². The molecule has 0 saturated heterocycles. The lowest BCUT2D eigenvalue weighted by molar-refractivity contribution is 0.0100. The molecule has 0 amide bonds. The van der Waals surface area contributed by atoms with Gasteiger partial charge >= 0.3 is 0 Å². The molecule has 6 heteroatoms. The fourth-order valence-corrected chi connectivity index (χ4v) is 1.16. The summed E-state index contributed by atoms with van der Waals surface area (Å²) in [6.45, 7) is 0.686. The number of nitrogen functional groups attached to an aromatic ring is 1. The molecule has 2 N–H and O–H groups in total. The second-order valence-corrected chi connectivity index (χ2v) is 3.36. The molecule has 0 spiro atoms. The Morgan fingerprint density at radius 3 is 2.93 bits per heavy atom. The molecule has 1 atom stereocenters. The standard InChI is InChI=1S/C8H11F2N3O/c9-8(10)3-7(8)14-2-1-13-5-6(11)4-12-13/h4-5,7H,1-3,11H2. The maximum atomic E-state index is 12.4. The average Bonchev–Trinajstić information content (AvgIpc) is 2.53. The monoisotopic (exact) mass is 203 g/mol. The summed E-state index contributed by atoms with van der Waals surface area (Å²) < 4.78 is 31.2. The van der Waals surface area contributed by atoms with Crippen LogP contribution in [0.3, 0.4) is 0 Å². The van der Waals surface area contributed by atoms with Crippen molar-refractivity contribution in [2.75, 3.05) is 12.3 Å². The number of ether oxygens (including phenoxy) is 1. The molecule has 1 unspecified atom stereocenters. The van der Waals surface area contributed by atoms with Gasteiger partial charge in [0, 0.05) is 12.6 Å². The number of hydrogen-bond acceptors (Lipinski definition) is 3. The number of aromatic nitrogens is 2. The van der Waals surface area contributed by atoms with Crippen LogP contribution in [-0.2, 0) is 11.3 Å². The molecule has 0 bridgehead atoms. The third-order valence-corrected chi connectivity index (χ3v) is 2.06. The summed E-state index contributed by atoms with van der Waals surface area (Å²) in [5.41, 5.74) is 5.98. The van der Waals surface area contributed by atoms with Crippen LogP contribution in [0.1, 0.15) is 6.42 Å². The van der Waals surface area contributed by atoms with E-state index in [-0.39, 0.29) is 13.0 Å². The maximum absolute atomic E-state index is 12.4. The molecule has 1 aromatic rings. The summed E-state index contributed by atoms with van der Waals surface area (Å²) in [5.74, 6) is -2.61. The highest BCUT2D eigenvalue weighted by molar-refractivity contribution is 5.30. The van der Waals surface area contributed by atoms with Crippen LogP contribution in [0.2, 0.25) is 0 Å². The summed E-state index contributed by atoms with van der Waals surface area (Å²) in [4.78, 5) is 0. The average molecular weight is 203 g/mol.